The third-order valence-electron chi connectivity index (χ3n) is 5.98. The summed E-state index contributed by atoms with van der Waals surface area (Å²) in [6.07, 6.45) is 5.39. The highest BCUT2D eigenvalue weighted by molar-refractivity contribution is 7.12. The minimum absolute atomic E-state index is 0.0761. The lowest BCUT2D eigenvalue weighted by atomic mass is 9.74. The first-order valence-electron chi connectivity index (χ1n) is 9.17. The SMILES string of the molecule is O=C(N[C@@H]1c2ncnn2CC[C@@]12CCN(C(=O)C1CC1)C2)c1cccs1. The predicted molar refractivity (Wildman–Crippen MR) is 95.5 cm³/mol. The monoisotopic (exact) mass is 371 g/mol. The molecule has 3 aliphatic rings. The molecule has 2 aromatic rings. The number of nitrogens with one attached hydrogen (secondary N) is 1. The molecule has 4 heterocycles. The number of hydrogen-bond acceptors (Lipinski definition) is 5. The number of fused-ring (bicyclic) bond motifs is 1. The third kappa shape index (κ3) is 2.55. The number of amides is 2. The van der Waals surface area contributed by atoms with Crippen LogP contribution in [0.2, 0.25) is 0 Å². The largest absolute Gasteiger partial charge is 0.342 e. The summed E-state index contributed by atoms with van der Waals surface area (Å²) in [7, 11) is 0. The van der Waals surface area contributed by atoms with Gasteiger partial charge in [-0.1, -0.05) is 6.07 Å². The van der Waals surface area contributed by atoms with Crippen molar-refractivity contribution >= 4 is 23.2 Å². The Kier molecular flexibility index (Phi) is 3.63. The maximum atomic E-state index is 12.7. The highest BCUT2D eigenvalue weighted by atomic mass is 32.1. The van der Waals surface area contributed by atoms with Gasteiger partial charge in [0.1, 0.15) is 12.2 Å². The molecule has 2 aliphatic heterocycles. The van der Waals surface area contributed by atoms with Crippen molar-refractivity contribution in [2.45, 2.75) is 38.3 Å². The topological polar surface area (TPSA) is 80.1 Å². The van der Waals surface area contributed by atoms with Gasteiger partial charge in [0.2, 0.25) is 5.91 Å². The second-order valence-electron chi connectivity index (χ2n) is 7.62. The van der Waals surface area contributed by atoms with Gasteiger partial charge in [0.05, 0.1) is 10.9 Å². The van der Waals surface area contributed by atoms with Crippen molar-refractivity contribution in [1.29, 1.82) is 0 Å². The number of rotatable bonds is 3. The van der Waals surface area contributed by atoms with Gasteiger partial charge in [0, 0.05) is 31.0 Å². The average molecular weight is 371 g/mol. The minimum atomic E-state index is -0.217. The van der Waals surface area contributed by atoms with Gasteiger partial charge in [0.15, 0.2) is 0 Å². The van der Waals surface area contributed by atoms with Crippen LogP contribution in [0, 0.1) is 11.3 Å². The number of nitrogens with zero attached hydrogens (tertiary/aromatic N) is 4. The van der Waals surface area contributed by atoms with E-state index in [1.54, 1.807) is 6.33 Å². The molecule has 0 aromatic carbocycles. The predicted octanol–water partition coefficient (Wildman–Crippen LogP) is 1.84. The first kappa shape index (κ1) is 16.0. The Hall–Kier alpha value is -2.22. The van der Waals surface area contributed by atoms with Crippen LogP contribution in [0.5, 0.6) is 0 Å². The highest BCUT2D eigenvalue weighted by Gasteiger charge is 2.51. The zero-order chi connectivity index (χ0) is 17.7. The number of thiophene rings is 1. The minimum Gasteiger partial charge on any atom is -0.342 e. The van der Waals surface area contributed by atoms with Crippen molar-refractivity contribution in [2.24, 2.45) is 11.3 Å². The van der Waals surface area contributed by atoms with E-state index in [0.717, 1.165) is 44.6 Å². The standard InChI is InChI=1S/C18H21N5O2S/c24-16(13-2-1-9-26-13)21-14-15-19-11-20-23(15)8-6-18(14)5-7-22(10-18)17(25)12-3-4-12/h1-2,9,11-12,14H,3-8,10H2,(H,21,24)/t14-,18-/m1/s1. The maximum Gasteiger partial charge on any atom is 0.261 e. The summed E-state index contributed by atoms with van der Waals surface area (Å²) in [4.78, 5) is 32.4. The molecule has 5 rings (SSSR count). The Morgan fingerprint density at radius 3 is 2.88 bits per heavy atom. The Bertz CT molecular complexity index is 844. The summed E-state index contributed by atoms with van der Waals surface area (Å²) >= 11 is 1.43. The Morgan fingerprint density at radius 1 is 1.27 bits per heavy atom. The molecule has 136 valence electrons. The van der Waals surface area contributed by atoms with E-state index in [9.17, 15) is 9.59 Å². The lowest BCUT2D eigenvalue weighted by Gasteiger charge is -2.40. The fraction of sp³-hybridized carbons (Fsp3) is 0.556. The fourth-order valence-electron chi connectivity index (χ4n) is 4.36. The van der Waals surface area contributed by atoms with E-state index >= 15 is 0 Å². The van der Waals surface area contributed by atoms with Gasteiger partial charge in [-0.05, 0) is 37.1 Å². The molecule has 2 amide bonds. The first-order chi connectivity index (χ1) is 12.7. The molecule has 1 N–H and O–H groups in total. The molecular formula is C18H21N5O2S. The van der Waals surface area contributed by atoms with E-state index in [0.29, 0.717) is 11.4 Å². The van der Waals surface area contributed by atoms with Crippen molar-refractivity contribution in [2.75, 3.05) is 13.1 Å². The van der Waals surface area contributed by atoms with Crippen LogP contribution in [0.25, 0.3) is 0 Å². The van der Waals surface area contributed by atoms with Crippen LogP contribution in [0.3, 0.4) is 0 Å². The van der Waals surface area contributed by atoms with Crippen LogP contribution < -0.4 is 5.32 Å². The summed E-state index contributed by atoms with van der Waals surface area (Å²) in [5.74, 6) is 1.25. The van der Waals surface area contributed by atoms with E-state index in [-0.39, 0.29) is 29.2 Å². The van der Waals surface area contributed by atoms with Crippen LogP contribution in [0.1, 0.15) is 47.2 Å². The number of hydrogen-bond donors (Lipinski definition) is 1. The summed E-state index contributed by atoms with van der Waals surface area (Å²) in [5.41, 5.74) is -0.152. The highest BCUT2D eigenvalue weighted by Crippen LogP contribution is 2.48. The van der Waals surface area contributed by atoms with E-state index in [1.807, 2.05) is 27.1 Å². The van der Waals surface area contributed by atoms with Crippen molar-refractivity contribution in [3.8, 4) is 0 Å². The molecule has 1 aliphatic carbocycles. The lowest BCUT2D eigenvalue weighted by Crippen LogP contribution is -2.48. The van der Waals surface area contributed by atoms with E-state index < -0.39 is 0 Å². The van der Waals surface area contributed by atoms with Crippen molar-refractivity contribution in [3.05, 3.63) is 34.5 Å². The van der Waals surface area contributed by atoms with Crippen molar-refractivity contribution < 1.29 is 9.59 Å². The zero-order valence-electron chi connectivity index (χ0n) is 14.4. The van der Waals surface area contributed by atoms with E-state index in [4.69, 9.17) is 0 Å². The smallest absolute Gasteiger partial charge is 0.261 e. The van der Waals surface area contributed by atoms with Crippen LogP contribution in [0.15, 0.2) is 23.8 Å². The summed E-state index contributed by atoms with van der Waals surface area (Å²) < 4.78 is 1.88. The molecule has 2 aromatic heterocycles. The quantitative estimate of drug-likeness (QED) is 0.893. The molecule has 2 fully saturated rings. The number of carbonyl (C=O) groups excluding carboxylic acids is 2. The maximum absolute atomic E-state index is 12.7. The Balaban J connectivity index is 1.44. The number of likely N-dealkylation sites (tertiary alicyclic amines) is 1. The molecule has 26 heavy (non-hydrogen) atoms. The van der Waals surface area contributed by atoms with Crippen molar-refractivity contribution in [1.82, 2.24) is 25.0 Å². The third-order valence-corrected chi connectivity index (χ3v) is 6.85. The van der Waals surface area contributed by atoms with Gasteiger partial charge in [0.25, 0.3) is 5.91 Å². The number of aryl methyl sites for hydroxylation is 1. The van der Waals surface area contributed by atoms with Crippen LogP contribution >= 0.6 is 11.3 Å². The fourth-order valence-corrected chi connectivity index (χ4v) is 4.98. The number of carbonyl (C=O) groups is 2. The molecular weight excluding hydrogens is 350 g/mol. The molecule has 7 nitrogen and oxygen atoms in total. The first-order valence-corrected chi connectivity index (χ1v) is 10.1. The molecule has 1 spiro atoms. The second-order valence-corrected chi connectivity index (χ2v) is 8.57. The molecule has 1 saturated carbocycles. The van der Waals surface area contributed by atoms with E-state index in [1.165, 1.54) is 11.3 Å². The van der Waals surface area contributed by atoms with Crippen LogP contribution in [-0.2, 0) is 11.3 Å². The van der Waals surface area contributed by atoms with Gasteiger partial charge in [-0.15, -0.1) is 11.3 Å². The van der Waals surface area contributed by atoms with Crippen molar-refractivity contribution in [3.63, 3.8) is 0 Å². The van der Waals surface area contributed by atoms with E-state index in [2.05, 4.69) is 15.4 Å². The molecule has 1 saturated heterocycles. The summed E-state index contributed by atoms with van der Waals surface area (Å²) in [6, 6.07) is 3.49. The normalized spacial score (nSPS) is 27.5. The van der Waals surface area contributed by atoms with Crippen LogP contribution in [-0.4, -0.2) is 44.6 Å². The zero-order valence-corrected chi connectivity index (χ0v) is 15.2. The second kappa shape index (κ2) is 5.90. The lowest BCUT2D eigenvalue weighted by molar-refractivity contribution is -0.132. The summed E-state index contributed by atoms with van der Waals surface area (Å²) in [6.45, 7) is 2.26. The molecule has 0 bridgehead atoms. The van der Waals surface area contributed by atoms with Gasteiger partial charge < -0.3 is 10.2 Å². The summed E-state index contributed by atoms with van der Waals surface area (Å²) in [5, 5.41) is 9.41. The number of aromatic nitrogens is 3. The van der Waals surface area contributed by atoms with Gasteiger partial charge in [-0.25, -0.2) is 9.67 Å². The van der Waals surface area contributed by atoms with Gasteiger partial charge in [-0.2, -0.15) is 5.10 Å². The molecule has 0 unspecified atom stereocenters. The molecule has 0 radical (unpaired) electrons. The molecule has 8 heteroatoms. The Labute approximate surface area is 155 Å². The van der Waals surface area contributed by atoms with Crippen LogP contribution in [0.4, 0.5) is 0 Å². The Morgan fingerprint density at radius 2 is 2.12 bits per heavy atom. The van der Waals surface area contributed by atoms with Gasteiger partial charge >= 0.3 is 0 Å². The molecule has 2 atom stereocenters. The average Bonchev–Trinajstić information content (AvgIpc) is 3.08. The van der Waals surface area contributed by atoms with Gasteiger partial charge in [-0.3, -0.25) is 9.59 Å².